The van der Waals surface area contributed by atoms with Gasteiger partial charge in [0.25, 0.3) is 0 Å². The number of fused-ring (bicyclic) bond motifs is 2. The van der Waals surface area contributed by atoms with Crippen molar-refractivity contribution in [1.82, 2.24) is 0 Å². The molecule has 2 unspecified atom stereocenters. The molecule has 0 radical (unpaired) electrons. The van der Waals surface area contributed by atoms with Crippen molar-refractivity contribution in [1.29, 1.82) is 0 Å². The summed E-state index contributed by atoms with van der Waals surface area (Å²) in [6.45, 7) is 0.988. The average molecular weight is 225 g/mol. The van der Waals surface area contributed by atoms with E-state index >= 15 is 0 Å². The first-order valence-corrected chi connectivity index (χ1v) is 6.00. The quantitative estimate of drug-likeness (QED) is 0.829. The van der Waals surface area contributed by atoms with E-state index in [-0.39, 0.29) is 5.76 Å². The van der Waals surface area contributed by atoms with Crippen LogP contribution in [-0.2, 0) is 0 Å². The topological polar surface area (TPSA) is 53.7 Å². The maximum Gasteiger partial charge on any atom is 0.371 e. The highest BCUT2D eigenvalue weighted by molar-refractivity contribution is 8.00. The Morgan fingerprint density at radius 1 is 1.60 bits per heavy atom. The molecule has 0 aliphatic carbocycles. The first-order valence-electron chi connectivity index (χ1n) is 4.95. The summed E-state index contributed by atoms with van der Waals surface area (Å²) in [6, 6.07) is 3.82. The Kier molecular flexibility index (Phi) is 1.95. The third kappa shape index (κ3) is 1.42. The molecule has 1 N–H and O–H groups in total. The van der Waals surface area contributed by atoms with Crippen LogP contribution in [0.2, 0.25) is 0 Å². The fourth-order valence-corrected chi connectivity index (χ4v) is 3.70. The standard InChI is InChI=1S/C10H11NO3S/c12-10(13)8-1-2-9(14-8)11-4-7-3-6(11)5-15-7/h1-2,6-7H,3-5H2,(H,12,13). The van der Waals surface area contributed by atoms with Gasteiger partial charge in [-0.3, -0.25) is 0 Å². The Balaban J connectivity index is 1.84. The minimum absolute atomic E-state index is 0.0282. The number of rotatable bonds is 2. The van der Waals surface area contributed by atoms with Crippen LogP contribution in [0.5, 0.6) is 0 Å². The maximum atomic E-state index is 10.7. The fraction of sp³-hybridized carbons (Fsp3) is 0.500. The highest BCUT2D eigenvalue weighted by atomic mass is 32.2. The molecule has 2 aliphatic rings. The number of furan rings is 1. The van der Waals surface area contributed by atoms with Crippen molar-refractivity contribution >= 4 is 23.6 Å². The smallest absolute Gasteiger partial charge is 0.371 e. The van der Waals surface area contributed by atoms with E-state index < -0.39 is 5.97 Å². The van der Waals surface area contributed by atoms with E-state index in [4.69, 9.17) is 9.52 Å². The number of aromatic carboxylic acids is 1. The third-order valence-corrected chi connectivity index (χ3v) is 4.38. The van der Waals surface area contributed by atoms with Gasteiger partial charge in [0.05, 0.1) is 0 Å². The lowest BCUT2D eigenvalue weighted by molar-refractivity contribution is 0.0663. The molecule has 3 heterocycles. The zero-order valence-electron chi connectivity index (χ0n) is 8.05. The fourth-order valence-electron chi connectivity index (χ4n) is 2.27. The van der Waals surface area contributed by atoms with Crippen LogP contribution in [0.15, 0.2) is 16.5 Å². The van der Waals surface area contributed by atoms with Crippen molar-refractivity contribution in [3.05, 3.63) is 17.9 Å². The molecule has 2 saturated heterocycles. The lowest BCUT2D eigenvalue weighted by Crippen LogP contribution is -2.33. The molecule has 15 heavy (non-hydrogen) atoms. The third-order valence-electron chi connectivity index (χ3n) is 2.99. The van der Waals surface area contributed by atoms with E-state index in [1.807, 2.05) is 11.8 Å². The minimum Gasteiger partial charge on any atom is -0.475 e. The van der Waals surface area contributed by atoms with Gasteiger partial charge >= 0.3 is 5.97 Å². The van der Waals surface area contributed by atoms with Crippen molar-refractivity contribution in [2.24, 2.45) is 0 Å². The van der Waals surface area contributed by atoms with Gasteiger partial charge in [0.2, 0.25) is 5.76 Å². The minimum atomic E-state index is -1.00. The van der Waals surface area contributed by atoms with Crippen LogP contribution in [0, 0.1) is 0 Å². The monoisotopic (exact) mass is 225 g/mol. The van der Waals surface area contributed by atoms with Crippen LogP contribution < -0.4 is 4.90 Å². The first-order chi connectivity index (χ1) is 7.24. The largest absolute Gasteiger partial charge is 0.475 e. The summed E-state index contributed by atoms with van der Waals surface area (Å²) in [5.41, 5.74) is 0. The van der Waals surface area contributed by atoms with Crippen LogP contribution in [-0.4, -0.2) is 34.7 Å². The highest BCUT2D eigenvalue weighted by Crippen LogP contribution is 2.40. The van der Waals surface area contributed by atoms with Gasteiger partial charge in [-0.25, -0.2) is 4.79 Å². The second-order valence-corrected chi connectivity index (χ2v) is 5.27. The first kappa shape index (κ1) is 9.15. The molecular formula is C10H11NO3S. The van der Waals surface area contributed by atoms with Crippen LogP contribution in [0.4, 0.5) is 5.88 Å². The molecule has 1 aromatic rings. The molecule has 4 nitrogen and oxygen atoms in total. The van der Waals surface area contributed by atoms with Crippen molar-refractivity contribution in [2.45, 2.75) is 17.7 Å². The Morgan fingerprint density at radius 2 is 2.47 bits per heavy atom. The number of anilines is 1. The molecule has 2 atom stereocenters. The number of carboxylic acid groups (broad SMARTS) is 1. The molecular weight excluding hydrogens is 214 g/mol. The zero-order valence-corrected chi connectivity index (χ0v) is 8.87. The number of hydrogen-bond donors (Lipinski definition) is 1. The van der Waals surface area contributed by atoms with E-state index in [1.165, 1.54) is 12.5 Å². The van der Waals surface area contributed by atoms with Gasteiger partial charge in [-0.05, 0) is 12.5 Å². The Labute approximate surface area is 91.2 Å². The van der Waals surface area contributed by atoms with Crippen LogP contribution in [0.3, 0.4) is 0 Å². The molecule has 0 aromatic carbocycles. The summed E-state index contributed by atoms with van der Waals surface area (Å²) >= 11 is 2.00. The number of carboxylic acids is 1. The molecule has 80 valence electrons. The van der Waals surface area contributed by atoms with Gasteiger partial charge in [0.1, 0.15) is 0 Å². The summed E-state index contributed by atoms with van der Waals surface area (Å²) in [5.74, 6) is 0.869. The number of carbonyl (C=O) groups is 1. The van der Waals surface area contributed by atoms with Crippen molar-refractivity contribution in [2.75, 3.05) is 17.2 Å². The summed E-state index contributed by atoms with van der Waals surface area (Å²) in [6.07, 6.45) is 1.20. The molecule has 2 aliphatic heterocycles. The normalized spacial score (nSPS) is 28.7. The van der Waals surface area contributed by atoms with Gasteiger partial charge in [0, 0.05) is 29.7 Å². The molecule has 3 rings (SSSR count). The maximum absolute atomic E-state index is 10.7. The van der Waals surface area contributed by atoms with Crippen LogP contribution >= 0.6 is 11.8 Å². The Bertz CT molecular complexity index is 403. The Hall–Kier alpha value is -1.10. The van der Waals surface area contributed by atoms with Crippen molar-refractivity contribution in [3.8, 4) is 0 Å². The number of nitrogens with zero attached hydrogens (tertiary/aromatic N) is 1. The van der Waals surface area contributed by atoms with Gasteiger partial charge in [-0.2, -0.15) is 11.8 Å². The summed E-state index contributed by atoms with van der Waals surface area (Å²) < 4.78 is 5.30. The van der Waals surface area contributed by atoms with Gasteiger partial charge < -0.3 is 14.4 Å². The van der Waals surface area contributed by atoms with Crippen molar-refractivity contribution < 1.29 is 14.3 Å². The van der Waals surface area contributed by atoms with E-state index in [1.54, 1.807) is 6.07 Å². The molecule has 0 spiro atoms. The predicted octanol–water partition coefficient (Wildman–Crippen LogP) is 1.67. The lowest BCUT2D eigenvalue weighted by Gasteiger charge is -2.25. The predicted molar refractivity (Wildman–Crippen MR) is 57.7 cm³/mol. The lowest BCUT2D eigenvalue weighted by atomic mass is 10.2. The van der Waals surface area contributed by atoms with E-state index in [0.29, 0.717) is 17.2 Å². The second-order valence-electron chi connectivity index (χ2n) is 3.94. The molecule has 0 amide bonds. The van der Waals surface area contributed by atoms with Gasteiger partial charge in [0.15, 0.2) is 5.88 Å². The average Bonchev–Trinajstić information content (AvgIpc) is 2.93. The molecule has 2 bridgehead atoms. The van der Waals surface area contributed by atoms with Crippen molar-refractivity contribution in [3.63, 3.8) is 0 Å². The van der Waals surface area contributed by atoms with Crippen LogP contribution in [0.25, 0.3) is 0 Å². The van der Waals surface area contributed by atoms with Gasteiger partial charge in [-0.1, -0.05) is 0 Å². The second kappa shape index (κ2) is 3.20. The van der Waals surface area contributed by atoms with Gasteiger partial charge in [-0.15, -0.1) is 0 Å². The molecule has 5 heteroatoms. The number of hydrogen-bond acceptors (Lipinski definition) is 4. The number of thioether (sulfide) groups is 1. The molecule has 0 saturated carbocycles. The summed E-state index contributed by atoms with van der Waals surface area (Å²) in [5, 5.41) is 9.46. The summed E-state index contributed by atoms with van der Waals surface area (Å²) in [4.78, 5) is 12.9. The Morgan fingerprint density at radius 3 is 3.00 bits per heavy atom. The van der Waals surface area contributed by atoms with E-state index in [0.717, 1.165) is 12.3 Å². The zero-order chi connectivity index (χ0) is 10.4. The molecule has 1 aromatic heterocycles. The highest BCUT2D eigenvalue weighted by Gasteiger charge is 2.39. The molecule has 2 fully saturated rings. The SMILES string of the molecule is O=C(O)c1ccc(N2CC3CC2CS3)o1. The van der Waals surface area contributed by atoms with Crippen LogP contribution in [0.1, 0.15) is 17.0 Å². The van der Waals surface area contributed by atoms with E-state index in [9.17, 15) is 4.79 Å². The summed E-state index contributed by atoms with van der Waals surface area (Å²) in [7, 11) is 0. The van der Waals surface area contributed by atoms with E-state index in [2.05, 4.69) is 4.90 Å².